The number of ether oxygens (including phenoxy) is 1. The van der Waals surface area contributed by atoms with Gasteiger partial charge in [0.15, 0.2) is 0 Å². The second kappa shape index (κ2) is 2.83. The van der Waals surface area contributed by atoms with E-state index in [1.165, 1.54) is 12.1 Å². The molecule has 1 atom stereocenters. The Labute approximate surface area is 69.0 Å². The maximum Gasteiger partial charge on any atom is 0.263 e. The van der Waals surface area contributed by atoms with Gasteiger partial charge in [-0.25, -0.2) is 8.78 Å². The maximum absolute atomic E-state index is 12.1. The fourth-order valence-corrected chi connectivity index (χ4v) is 1.10. The van der Waals surface area contributed by atoms with Crippen molar-refractivity contribution in [3.63, 3.8) is 0 Å². The summed E-state index contributed by atoms with van der Waals surface area (Å²) in [5, 5.41) is 0. The first-order chi connectivity index (χ1) is 5.77. The Balaban J connectivity index is 2.18. The van der Waals surface area contributed by atoms with Gasteiger partial charge in [-0.3, -0.25) is 0 Å². The Morgan fingerprint density at radius 2 is 1.83 bits per heavy atom. The molecule has 2 rings (SSSR count). The minimum absolute atomic E-state index is 0.0689. The van der Waals surface area contributed by atoms with Crippen LogP contribution in [0.3, 0.4) is 0 Å². The van der Waals surface area contributed by atoms with E-state index in [9.17, 15) is 8.78 Å². The quantitative estimate of drug-likeness (QED) is 0.621. The van der Waals surface area contributed by atoms with Gasteiger partial charge in [0, 0.05) is 5.56 Å². The van der Waals surface area contributed by atoms with Gasteiger partial charge in [0.1, 0.15) is 6.10 Å². The third-order valence-electron chi connectivity index (χ3n) is 1.89. The lowest BCUT2D eigenvalue weighted by atomic mass is 10.1. The number of rotatable bonds is 2. The van der Waals surface area contributed by atoms with E-state index in [2.05, 4.69) is 0 Å². The Morgan fingerprint density at radius 3 is 2.25 bits per heavy atom. The molecule has 1 aliphatic rings. The molecule has 1 unspecified atom stereocenters. The van der Waals surface area contributed by atoms with Crippen LogP contribution in [0.5, 0.6) is 0 Å². The molecule has 3 heteroatoms. The number of benzene rings is 1. The molecular formula is C9H8F2O. The maximum atomic E-state index is 12.1. The number of epoxide rings is 1. The van der Waals surface area contributed by atoms with E-state index in [1.54, 1.807) is 12.1 Å². The van der Waals surface area contributed by atoms with Crippen molar-refractivity contribution in [3.05, 3.63) is 35.4 Å². The molecule has 64 valence electrons. The Bertz CT molecular complexity index is 243. The van der Waals surface area contributed by atoms with Gasteiger partial charge in [0.25, 0.3) is 6.43 Å². The normalized spacial score (nSPS) is 21.4. The van der Waals surface area contributed by atoms with Crippen molar-refractivity contribution in [2.45, 2.75) is 12.5 Å². The van der Waals surface area contributed by atoms with E-state index in [4.69, 9.17) is 4.74 Å². The fraction of sp³-hybridized carbons (Fsp3) is 0.333. The van der Waals surface area contributed by atoms with Crippen molar-refractivity contribution in [2.24, 2.45) is 0 Å². The predicted octanol–water partition coefficient (Wildman–Crippen LogP) is 2.70. The highest BCUT2D eigenvalue weighted by Gasteiger charge is 2.24. The second-order valence-electron chi connectivity index (χ2n) is 2.79. The second-order valence-corrected chi connectivity index (χ2v) is 2.79. The molecule has 0 aromatic heterocycles. The van der Waals surface area contributed by atoms with Gasteiger partial charge in [0.2, 0.25) is 0 Å². The summed E-state index contributed by atoms with van der Waals surface area (Å²) in [6.45, 7) is 0.716. The summed E-state index contributed by atoms with van der Waals surface area (Å²) in [7, 11) is 0. The van der Waals surface area contributed by atoms with E-state index in [0.29, 0.717) is 6.61 Å². The average Bonchev–Trinajstić information content (AvgIpc) is 2.87. The largest absolute Gasteiger partial charge is 0.368 e. The lowest BCUT2D eigenvalue weighted by molar-refractivity contribution is 0.151. The number of halogens is 2. The zero-order chi connectivity index (χ0) is 8.55. The van der Waals surface area contributed by atoms with Crippen LogP contribution in [0.1, 0.15) is 23.7 Å². The summed E-state index contributed by atoms with van der Waals surface area (Å²) in [5.74, 6) is 0. The smallest absolute Gasteiger partial charge is 0.263 e. The molecule has 1 fully saturated rings. The van der Waals surface area contributed by atoms with E-state index < -0.39 is 6.43 Å². The van der Waals surface area contributed by atoms with Crippen LogP contribution in [0.15, 0.2) is 24.3 Å². The van der Waals surface area contributed by atoms with Gasteiger partial charge in [0.05, 0.1) is 6.61 Å². The van der Waals surface area contributed by atoms with Crippen LogP contribution in [-0.2, 0) is 4.74 Å². The molecule has 1 aromatic rings. The molecule has 0 spiro atoms. The highest BCUT2D eigenvalue weighted by molar-refractivity contribution is 5.26. The molecule has 1 aromatic carbocycles. The lowest BCUT2D eigenvalue weighted by Crippen LogP contribution is -1.85. The summed E-state index contributed by atoms with van der Waals surface area (Å²) < 4.78 is 29.2. The highest BCUT2D eigenvalue weighted by Crippen LogP contribution is 2.30. The topological polar surface area (TPSA) is 12.5 Å². The molecule has 1 nitrogen and oxygen atoms in total. The van der Waals surface area contributed by atoms with Crippen LogP contribution in [0.25, 0.3) is 0 Å². The first-order valence-electron chi connectivity index (χ1n) is 3.77. The van der Waals surface area contributed by atoms with Crippen LogP contribution >= 0.6 is 0 Å². The SMILES string of the molecule is FC(F)c1ccc(C2CO2)cc1. The van der Waals surface area contributed by atoms with Crippen molar-refractivity contribution in [3.8, 4) is 0 Å². The zero-order valence-corrected chi connectivity index (χ0v) is 6.34. The summed E-state index contributed by atoms with van der Waals surface area (Å²) in [5.41, 5.74) is 1.05. The molecule has 0 N–H and O–H groups in total. The summed E-state index contributed by atoms with van der Waals surface area (Å²) in [4.78, 5) is 0. The molecule has 0 radical (unpaired) electrons. The van der Waals surface area contributed by atoms with Gasteiger partial charge in [-0.1, -0.05) is 24.3 Å². The van der Waals surface area contributed by atoms with E-state index in [0.717, 1.165) is 5.56 Å². The third kappa shape index (κ3) is 1.46. The fourth-order valence-electron chi connectivity index (χ4n) is 1.10. The first-order valence-corrected chi connectivity index (χ1v) is 3.77. The minimum atomic E-state index is -2.38. The van der Waals surface area contributed by atoms with E-state index in [1.807, 2.05) is 0 Å². The summed E-state index contributed by atoms with van der Waals surface area (Å²) >= 11 is 0. The monoisotopic (exact) mass is 170 g/mol. The molecule has 1 heterocycles. The Hall–Kier alpha value is -0.960. The minimum Gasteiger partial charge on any atom is -0.368 e. The Kier molecular flexibility index (Phi) is 1.81. The molecule has 0 saturated carbocycles. The molecule has 0 amide bonds. The number of hydrogen-bond donors (Lipinski definition) is 0. The van der Waals surface area contributed by atoms with E-state index in [-0.39, 0.29) is 11.7 Å². The van der Waals surface area contributed by atoms with Crippen LogP contribution in [0.4, 0.5) is 8.78 Å². The third-order valence-corrected chi connectivity index (χ3v) is 1.89. The molecule has 0 bridgehead atoms. The Morgan fingerprint density at radius 1 is 1.25 bits per heavy atom. The van der Waals surface area contributed by atoms with Crippen LogP contribution in [0.2, 0.25) is 0 Å². The van der Waals surface area contributed by atoms with Gasteiger partial charge in [-0.15, -0.1) is 0 Å². The molecule has 0 aliphatic carbocycles. The zero-order valence-electron chi connectivity index (χ0n) is 6.34. The average molecular weight is 170 g/mol. The molecular weight excluding hydrogens is 162 g/mol. The highest BCUT2D eigenvalue weighted by atomic mass is 19.3. The molecule has 1 saturated heterocycles. The number of hydrogen-bond acceptors (Lipinski definition) is 1. The standard InChI is InChI=1S/C9H8F2O/c10-9(11)7-3-1-6(2-4-7)8-5-12-8/h1-4,8-9H,5H2. The molecule has 12 heavy (non-hydrogen) atoms. The van der Waals surface area contributed by atoms with Gasteiger partial charge < -0.3 is 4.74 Å². The van der Waals surface area contributed by atoms with Crippen molar-refractivity contribution in [2.75, 3.05) is 6.61 Å². The molecule has 1 aliphatic heterocycles. The van der Waals surface area contributed by atoms with Crippen molar-refractivity contribution in [1.29, 1.82) is 0 Å². The number of alkyl halides is 2. The predicted molar refractivity (Wildman–Crippen MR) is 40.1 cm³/mol. The summed E-state index contributed by atoms with van der Waals surface area (Å²) in [6.07, 6.45) is -2.23. The van der Waals surface area contributed by atoms with E-state index >= 15 is 0 Å². The van der Waals surface area contributed by atoms with Gasteiger partial charge in [-0.2, -0.15) is 0 Å². The van der Waals surface area contributed by atoms with Crippen molar-refractivity contribution < 1.29 is 13.5 Å². The summed E-state index contributed by atoms with van der Waals surface area (Å²) in [6, 6.07) is 6.28. The van der Waals surface area contributed by atoms with Crippen LogP contribution in [0, 0.1) is 0 Å². The first kappa shape index (κ1) is 7.68. The van der Waals surface area contributed by atoms with Crippen molar-refractivity contribution >= 4 is 0 Å². The van der Waals surface area contributed by atoms with Gasteiger partial charge >= 0.3 is 0 Å². The lowest BCUT2D eigenvalue weighted by Gasteiger charge is -1.99. The van der Waals surface area contributed by atoms with Gasteiger partial charge in [-0.05, 0) is 5.56 Å². The van der Waals surface area contributed by atoms with Crippen LogP contribution < -0.4 is 0 Å². The van der Waals surface area contributed by atoms with Crippen molar-refractivity contribution in [1.82, 2.24) is 0 Å². The van der Waals surface area contributed by atoms with Crippen LogP contribution in [-0.4, -0.2) is 6.61 Å².